The highest BCUT2D eigenvalue weighted by molar-refractivity contribution is 7.60. The fraction of sp³-hybridized carbons (Fsp3) is 0.230. The van der Waals surface area contributed by atoms with E-state index in [1.54, 1.807) is 43.5 Å². The highest BCUT2D eigenvalue weighted by Crippen LogP contribution is 2.59. The van der Waals surface area contributed by atoms with Crippen LogP contribution in [0.25, 0.3) is 0 Å². The predicted molar refractivity (Wildman–Crippen MR) is 589 cm³/mol. The second-order valence-electron chi connectivity index (χ2n) is 31.1. The Balaban J connectivity index is 0.00000151. The van der Waals surface area contributed by atoms with Gasteiger partial charge in [0.2, 0.25) is 0 Å². The van der Waals surface area contributed by atoms with Crippen LogP contribution in [0.4, 0.5) is 0 Å². The normalized spacial score (nSPS) is 13.5. The van der Waals surface area contributed by atoms with Crippen LogP contribution in [0.5, 0.6) is 17.2 Å². The highest BCUT2D eigenvalue weighted by Gasteiger charge is 2.51. The number of rotatable bonds is 13. The number of halogens is 1. The highest BCUT2D eigenvalue weighted by atomic mass is 35.5. The van der Waals surface area contributed by atoms with Crippen LogP contribution in [0.1, 0.15) is 154 Å². The summed E-state index contributed by atoms with van der Waals surface area (Å²) in [5.41, 5.74) is 0.447. The van der Waals surface area contributed by atoms with Gasteiger partial charge < -0.3 is 98.9 Å². The maximum absolute atomic E-state index is 11.1. The number of benzene rings is 13. The first-order valence-corrected chi connectivity index (χ1v) is 50.1. The Hall–Kier alpha value is -12.1. The Labute approximate surface area is 900 Å². The van der Waals surface area contributed by atoms with E-state index in [4.69, 9.17) is 36.1 Å². The number of hydrogen-bond donors (Lipinski definition) is 1. The largest absolute Gasteiger partial charge is 0.872 e. The Morgan fingerprint density at radius 2 is 0.604 bits per heavy atom. The first-order chi connectivity index (χ1) is 68.7. The molecule has 0 unspecified atom stereocenters. The summed E-state index contributed by atoms with van der Waals surface area (Å²) >= 11 is 35.7. The minimum atomic E-state index is -1.18. The second kappa shape index (κ2) is 83.3. The van der Waals surface area contributed by atoms with Gasteiger partial charge in [0.05, 0.1) is 31.7 Å². The van der Waals surface area contributed by atoms with Crippen LogP contribution in [-0.4, -0.2) is 73.0 Å². The molecule has 0 heterocycles. The third-order valence-corrected chi connectivity index (χ3v) is 22.7. The Morgan fingerprint density at radius 3 is 0.778 bits per heavy atom. The molecule has 0 aromatic heterocycles. The molecule has 21 nitrogen and oxygen atoms in total. The number of carbonyl (C=O) groups excluding carboxylic acids is 8. The minimum Gasteiger partial charge on any atom is -0.872 e. The van der Waals surface area contributed by atoms with Crippen LogP contribution in [0.2, 0.25) is 5.02 Å². The standard InChI is InChI=1S/C11H16O2.C9H10O3.C8H8O3.C7H5ClO2.C7H6O3.C7H12O2.9C6H6S.C5H10O2.C3H6O2.C2H4O2/c12-10(13)11-4-7-1-8(5-11)3-9(2-7)6-11;1-12-8-4-2-7(3-5-8)6-9(10)11;1-11-7-4-2-6(3-5-7)8(9)10;8-6-3-1-5(2-4-6)7(9)10;8-6-4-2-1-3-5(6)7(9)10;8-7(9)6-4-2-1-3-5-6;9*7-6-4-2-1-3-5-6;1-2-3-4-5(6)7;1-2-3(4)5;1-2(3)4/h7-9H,1-6H2,(H,12,13);2-5H,6H2,1H3,(H,10,11);2-5H,1H3,(H,9,10);1-4H,(H,9,10);1-4,8H,(H,9,10);6H,1-5H2,(H,8,9);9*1-5,7H;2-4H2,1H3,(H,6,7);2H2,1H3,(H,4,5);1H3,(H,3,4). The topological polar surface area (TPSA) is 400 Å². The summed E-state index contributed by atoms with van der Waals surface area (Å²) in [6.45, 7) is 4.46. The summed E-state index contributed by atoms with van der Waals surface area (Å²) in [5, 5.41) is 99.3. The number of aromatic carboxylic acids is 3. The molecule has 5 fully saturated rings. The maximum Gasteiger partial charge on any atom is 0.335 e. The fourth-order valence-corrected chi connectivity index (χ4v) is 14.7. The first-order valence-electron chi connectivity index (χ1n) is 45.2. The van der Waals surface area contributed by atoms with Gasteiger partial charge in [0.15, 0.2) is 0 Å². The van der Waals surface area contributed by atoms with E-state index in [0.717, 1.165) is 120 Å². The van der Waals surface area contributed by atoms with Gasteiger partial charge in [-0.05, 0) is 395 Å². The van der Waals surface area contributed by atoms with Gasteiger partial charge in [0, 0.05) is 52.7 Å². The van der Waals surface area contributed by atoms with Gasteiger partial charge in [-0.15, -0.1) is 0 Å². The molecule has 5 aliphatic carbocycles. The maximum atomic E-state index is 11.1. The van der Waals surface area contributed by atoms with E-state index in [0.29, 0.717) is 28.5 Å². The molecular weight excluding hydrogens is 2020 g/mol. The lowest BCUT2D eigenvalue weighted by Gasteiger charge is -2.57. The van der Waals surface area contributed by atoms with Crippen molar-refractivity contribution in [3.05, 3.63) is 397 Å². The lowest BCUT2D eigenvalue weighted by atomic mass is 9.49. The Morgan fingerprint density at radius 1 is 0.354 bits per heavy atom. The average Bonchev–Trinajstić information content (AvgIpc) is 0.743. The van der Waals surface area contributed by atoms with E-state index in [1.165, 1.54) is 100 Å². The molecule has 0 amide bonds. The molecule has 13 aromatic rings. The number of ether oxygens (including phenoxy) is 2. The summed E-state index contributed by atoms with van der Waals surface area (Å²) in [4.78, 5) is 100. The molecule has 144 heavy (non-hydrogen) atoms. The summed E-state index contributed by atoms with van der Waals surface area (Å²) < 4.78 is 9.75. The van der Waals surface area contributed by atoms with Gasteiger partial charge in [-0.1, -0.05) is 263 Å². The molecule has 5 saturated carbocycles. The van der Waals surface area contributed by atoms with Crippen molar-refractivity contribution in [3.63, 3.8) is 0 Å². The smallest absolute Gasteiger partial charge is 0.335 e. The predicted octanol–water partition coefficient (Wildman–Crippen LogP) is 9.82. The summed E-state index contributed by atoms with van der Waals surface area (Å²) in [5.74, 6) is -6.33. The zero-order valence-corrected chi connectivity index (χ0v) is 90.6. The molecule has 5 aliphatic rings. The number of carbonyl (C=O) groups is 9. The van der Waals surface area contributed by atoms with Gasteiger partial charge in [-0.2, -0.15) is 0 Å². The number of carboxylic acid groups (broad SMARTS) is 9. The molecule has 31 heteroatoms. The van der Waals surface area contributed by atoms with Crippen LogP contribution in [0.15, 0.2) is 414 Å². The molecule has 18 rings (SSSR count). The number of carboxylic acids is 9. The summed E-state index contributed by atoms with van der Waals surface area (Å²) in [6, 6.07) is 114. The fourth-order valence-electron chi connectivity index (χ4n) is 12.8. The van der Waals surface area contributed by atoms with Crippen molar-refractivity contribution in [1.29, 1.82) is 0 Å². The molecule has 0 aliphatic heterocycles. The number of hydrogen-bond acceptors (Lipinski definition) is 20. The first kappa shape index (κ1) is 132. The van der Waals surface area contributed by atoms with Crippen molar-refractivity contribution in [2.45, 2.75) is 168 Å². The Bertz CT molecular complexity index is 4980. The van der Waals surface area contributed by atoms with E-state index in [-0.39, 0.29) is 41.9 Å². The average molecular weight is 2150 g/mol. The number of methoxy groups -OCH3 is 2. The van der Waals surface area contributed by atoms with Crippen molar-refractivity contribution in [1.82, 2.24) is 0 Å². The molecule has 0 spiro atoms. The van der Waals surface area contributed by atoms with Crippen LogP contribution >= 0.6 is 11.6 Å². The molecule has 4 bridgehead atoms. The van der Waals surface area contributed by atoms with E-state index in [1.807, 2.05) is 280 Å². The molecule has 770 valence electrons. The quantitative estimate of drug-likeness (QED) is 0.105. The van der Waals surface area contributed by atoms with Gasteiger partial charge in [0.1, 0.15) is 55.6 Å². The SMILES string of the molecule is CC(=O)[O-].CCC(=O)[O-].CCCCC(=O)[O-].COc1ccc(C(=O)[O-])cc1.COc1ccc(CC(=O)[O-])cc1.O=C(O)c1ccccc1[O-].O=C([O-])C12CC3CC(CC(C3)C1)C2.O=C([O-])C1CCCCC1.O=C([O-])c1ccc(Cl)cc1.[SH2+]c1ccccc1.[SH2+]c1ccccc1.[SH2+]c1ccccc1.[SH2+]c1ccccc1.[SH2+]c1ccccc1.[SH2+]c1ccccc1.[SH2+]c1ccccc1.[SH2+]c1ccccc1.[SH2+]c1ccccc1. The van der Waals surface area contributed by atoms with Crippen molar-refractivity contribution < 1.29 is 104 Å². The second-order valence-corrected chi connectivity index (χ2v) is 36.8. The number of para-hydroxylation sites is 1. The van der Waals surface area contributed by atoms with Crippen molar-refractivity contribution in [2.75, 3.05) is 14.2 Å². The summed E-state index contributed by atoms with van der Waals surface area (Å²) in [7, 11) is 3.09. The van der Waals surface area contributed by atoms with Crippen LogP contribution < -0.4 is 55.4 Å². The molecular formula is C113H131ClO21S9. The van der Waals surface area contributed by atoms with Crippen LogP contribution in [0.3, 0.4) is 0 Å². The van der Waals surface area contributed by atoms with Crippen molar-refractivity contribution in [2.24, 2.45) is 29.1 Å². The third-order valence-electron chi connectivity index (χ3n) is 19.4. The lowest BCUT2D eigenvalue weighted by molar-refractivity contribution is -0.327. The zero-order chi connectivity index (χ0) is 108. The van der Waals surface area contributed by atoms with E-state index in [2.05, 4.69) is 114 Å². The van der Waals surface area contributed by atoms with E-state index in [9.17, 15) is 79.2 Å². The zero-order valence-electron chi connectivity index (χ0n) is 80.8. The number of unbranched alkanes of at least 4 members (excludes halogenated alkanes) is 1. The molecule has 0 atom stereocenters. The lowest BCUT2D eigenvalue weighted by Crippen LogP contribution is -2.54. The van der Waals surface area contributed by atoms with Crippen LogP contribution in [-0.2, 0) is 149 Å². The van der Waals surface area contributed by atoms with Crippen molar-refractivity contribution in [3.8, 4) is 17.2 Å². The van der Waals surface area contributed by atoms with Crippen LogP contribution in [0, 0.1) is 29.1 Å². The third kappa shape index (κ3) is 73.1. The van der Waals surface area contributed by atoms with Gasteiger partial charge in [-0.3, -0.25) is 0 Å². The molecule has 1 N–H and O–H groups in total. The molecule has 13 aromatic carbocycles. The monoisotopic (exact) mass is 2150 g/mol. The van der Waals surface area contributed by atoms with Crippen molar-refractivity contribution >= 4 is 179 Å². The number of aliphatic carboxylic acids is 6. The van der Waals surface area contributed by atoms with Gasteiger partial charge in [-0.25, -0.2) is 4.79 Å². The van der Waals surface area contributed by atoms with E-state index >= 15 is 0 Å². The Kier molecular flexibility index (Phi) is 76.3. The molecule has 0 radical (unpaired) electrons. The van der Waals surface area contributed by atoms with Gasteiger partial charge in [0.25, 0.3) is 0 Å². The molecule has 0 saturated heterocycles. The summed E-state index contributed by atoms with van der Waals surface area (Å²) in [6.07, 6.45) is 13.6. The van der Waals surface area contributed by atoms with E-state index < -0.39 is 64.9 Å². The minimum absolute atomic E-state index is 0.0516. The van der Waals surface area contributed by atoms with Gasteiger partial charge >= 0.3 is 5.97 Å².